The van der Waals surface area contributed by atoms with E-state index in [0.29, 0.717) is 35.2 Å². The molecular weight excluding hydrogens is 380 g/mol. The molecule has 0 aliphatic carbocycles. The average Bonchev–Trinajstić information content (AvgIpc) is 3.17. The lowest BCUT2D eigenvalue weighted by atomic mass is 10.2. The summed E-state index contributed by atoms with van der Waals surface area (Å²) in [5.41, 5.74) is 1.89. The third kappa shape index (κ3) is 3.87. The molecule has 6 nitrogen and oxygen atoms in total. The molecule has 7 heteroatoms. The number of fused-ring (bicyclic) bond motifs is 1. The van der Waals surface area contributed by atoms with Gasteiger partial charge < -0.3 is 19.4 Å². The van der Waals surface area contributed by atoms with E-state index in [0.717, 1.165) is 11.1 Å². The third-order valence-corrected chi connectivity index (χ3v) is 4.80. The summed E-state index contributed by atoms with van der Waals surface area (Å²) in [5, 5.41) is 3.43. The van der Waals surface area contributed by atoms with Gasteiger partial charge in [0.05, 0.1) is 12.1 Å². The van der Waals surface area contributed by atoms with Crippen LogP contribution in [0.3, 0.4) is 0 Å². The van der Waals surface area contributed by atoms with Crippen molar-refractivity contribution in [1.82, 2.24) is 9.88 Å². The number of hydrogen-bond acceptors (Lipinski definition) is 4. The molecule has 0 saturated heterocycles. The molecule has 0 radical (unpaired) electrons. The van der Waals surface area contributed by atoms with Gasteiger partial charge in [0.2, 0.25) is 6.79 Å². The Morgan fingerprint density at radius 3 is 2.75 bits per heavy atom. The number of ether oxygens (including phenoxy) is 2. The third-order valence-electron chi connectivity index (χ3n) is 4.43. The average molecular weight is 397 g/mol. The first-order valence-corrected chi connectivity index (χ1v) is 9.08. The molecule has 0 atom stereocenters. The van der Waals surface area contributed by atoms with E-state index < -0.39 is 0 Å². The maximum absolute atomic E-state index is 12.5. The Balaban J connectivity index is 1.47. The predicted molar refractivity (Wildman–Crippen MR) is 105 cm³/mol. The number of pyridine rings is 1. The van der Waals surface area contributed by atoms with Crippen LogP contribution in [-0.2, 0) is 13.1 Å². The number of nitrogens with zero attached hydrogens (tertiary/aromatic N) is 1. The van der Waals surface area contributed by atoms with E-state index in [1.165, 1.54) is 16.7 Å². The Labute approximate surface area is 166 Å². The summed E-state index contributed by atoms with van der Waals surface area (Å²) >= 11 is 6.17. The Bertz CT molecular complexity index is 1090. The lowest BCUT2D eigenvalue weighted by molar-refractivity contribution is 0.0950. The molecule has 1 aliphatic heterocycles. The predicted octanol–water partition coefficient (Wildman–Crippen LogP) is 3.21. The first-order valence-electron chi connectivity index (χ1n) is 8.71. The fourth-order valence-electron chi connectivity index (χ4n) is 2.93. The summed E-state index contributed by atoms with van der Waals surface area (Å²) in [5.74, 6) is 1.09. The second-order valence-corrected chi connectivity index (χ2v) is 6.75. The second kappa shape index (κ2) is 7.78. The molecule has 1 amide bonds. The summed E-state index contributed by atoms with van der Waals surface area (Å²) in [6, 6.07) is 15.7. The van der Waals surface area contributed by atoms with E-state index in [4.69, 9.17) is 21.1 Å². The minimum absolute atomic E-state index is 0.202. The summed E-state index contributed by atoms with van der Waals surface area (Å²) in [6.45, 7) is 0.832. The SMILES string of the molecule is O=C(NCc1ccc2c(c1)OCO2)c1ccc(=O)n(Cc2ccccc2Cl)c1. The van der Waals surface area contributed by atoms with Crippen molar-refractivity contribution < 1.29 is 14.3 Å². The molecule has 4 rings (SSSR count). The zero-order valence-electron chi connectivity index (χ0n) is 14.9. The Kier molecular flexibility index (Phi) is 5.04. The van der Waals surface area contributed by atoms with E-state index in [-0.39, 0.29) is 18.3 Å². The quantitative estimate of drug-likeness (QED) is 0.719. The number of halogens is 1. The molecule has 28 heavy (non-hydrogen) atoms. The van der Waals surface area contributed by atoms with Gasteiger partial charge >= 0.3 is 0 Å². The van der Waals surface area contributed by atoms with Gasteiger partial charge in [-0.3, -0.25) is 9.59 Å². The minimum atomic E-state index is -0.273. The zero-order chi connectivity index (χ0) is 19.5. The normalized spacial score (nSPS) is 12.0. The first kappa shape index (κ1) is 18.1. The minimum Gasteiger partial charge on any atom is -0.454 e. The monoisotopic (exact) mass is 396 g/mol. The molecule has 2 aromatic carbocycles. The first-order chi connectivity index (χ1) is 13.6. The molecule has 0 fully saturated rings. The number of nitrogens with one attached hydrogen (secondary N) is 1. The van der Waals surface area contributed by atoms with Crippen molar-refractivity contribution in [3.63, 3.8) is 0 Å². The highest BCUT2D eigenvalue weighted by Gasteiger charge is 2.14. The van der Waals surface area contributed by atoms with Crippen LogP contribution in [0.25, 0.3) is 0 Å². The summed E-state index contributed by atoms with van der Waals surface area (Å²) in [4.78, 5) is 24.7. The highest BCUT2D eigenvalue weighted by atomic mass is 35.5. The van der Waals surface area contributed by atoms with Gasteiger partial charge in [0.1, 0.15) is 0 Å². The van der Waals surface area contributed by atoms with Gasteiger partial charge in [0.25, 0.3) is 11.5 Å². The Hall–Kier alpha value is -3.25. The molecule has 0 unspecified atom stereocenters. The standard InChI is InChI=1S/C21H17ClN2O4/c22-17-4-2-1-3-15(17)11-24-12-16(6-8-20(24)25)21(26)23-10-14-5-7-18-19(9-14)28-13-27-18/h1-9,12H,10-11,13H2,(H,23,26). The Morgan fingerprint density at radius 1 is 1.07 bits per heavy atom. The molecule has 0 spiro atoms. The molecule has 0 saturated carbocycles. The van der Waals surface area contributed by atoms with Gasteiger partial charge in [-0.2, -0.15) is 0 Å². The van der Waals surface area contributed by atoms with Crippen LogP contribution in [0, 0.1) is 0 Å². The summed E-state index contributed by atoms with van der Waals surface area (Å²) in [7, 11) is 0. The van der Waals surface area contributed by atoms with Crippen molar-refractivity contribution in [2.75, 3.05) is 6.79 Å². The van der Waals surface area contributed by atoms with Gasteiger partial charge in [-0.25, -0.2) is 0 Å². The van der Waals surface area contributed by atoms with Crippen LogP contribution < -0.4 is 20.3 Å². The van der Waals surface area contributed by atoms with Crippen molar-refractivity contribution in [2.24, 2.45) is 0 Å². The Morgan fingerprint density at radius 2 is 1.89 bits per heavy atom. The van der Waals surface area contributed by atoms with Crippen molar-refractivity contribution in [1.29, 1.82) is 0 Å². The molecule has 1 aliphatic rings. The molecule has 0 bridgehead atoms. The van der Waals surface area contributed by atoms with Gasteiger partial charge in [-0.05, 0) is 35.4 Å². The fourth-order valence-corrected chi connectivity index (χ4v) is 3.13. The summed E-state index contributed by atoms with van der Waals surface area (Å²) in [6.07, 6.45) is 1.54. The maximum atomic E-state index is 12.5. The molecule has 2 heterocycles. The number of hydrogen-bond donors (Lipinski definition) is 1. The molecular formula is C21H17ClN2O4. The highest BCUT2D eigenvalue weighted by molar-refractivity contribution is 6.31. The van der Waals surface area contributed by atoms with Gasteiger partial charge in [0.15, 0.2) is 11.5 Å². The van der Waals surface area contributed by atoms with Gasteiger partial charge in [-0.1, -0.05) is 35.9 Å². The lowest BCUT2D eigenvalue weighted by Gasteiger charge is -2.10. The van der Waals surface area contributed by atoms with Crippen molar-refractivity contribution in [3.8, 4) is 11.5 Å². The molecule has 1 N–H and O–H groups in total. The van der Waals surface area contributed by atoms with Gasteiger partial charge in [-0.15, -0.1) is 0 Å². The van der Waals surface area contributed by atoms with Crippen LogP contribution >= 0.6 is 11.6 Å². The zero-order valence-corrected chi connectivity index (χ0v) is 15.6. The van der Waals surface area contributed by atoms with E-state index in [2.05, 4.69) is 5.32 Å². The van der Waals surface area contributed by atoms with Crippen molar-refractivity contribution in [3.05, 3.63) is 92.9 Å². The topological polar surface area (TPSA) is 69.6 Å². The van der Waals surface area contributed by atoms with Crippen LogP contribution in [0.2, 0.25) is 5.02 Å². The number of benzene rings is 2. The molecule has 3 aromatic rings. The second-order valence-electron chi connectivity index (χ2n) is 6.35. The van der Waals surface area contributed by atoms with Crippen LogP contribution in [0.4, 0.5) is 0 Å². The molecule has 142 valence electrons. The van der Waals surface area contributed by atoms with E-state index in [1.807, 2.05) is 36.4 Å². The maximum Gasteiger partial charge on any atom is 0.253 e. The summed E-state index contributed by atoms with van der Waals surface area (Å²) < 4.78 is 12.1. The highest BCUT2D eigenvalue weighted by Crippen LogP contribution is 2.32. The molecule has 1 aromatic heterocycles. The van der Waals surface area contributed by atoms with Crippen molar-refractivity contribution in [2.45, 2.75) is 13.1 Å². The number of rotatable bonds is 5. The van der Waals surface area contributed by atoms with Crippen molar-refractivity contribution >= 4 is 17.5 Å². The van der Waals surface area contributed by atoms with Crippen LogP contribution in [-0.4, -0.2) is 17.3 Å². The van der Waals surface area contributed by atoms with Crippen LogP contribution in [0.5, 0.6) is 11.5 Å². The fraction of sp³-hybridized carbons (Fsp3) is 0.143. The van der Waals surface area contributed by atoms with Gasteiger partial charge in [0, 0.05) is 23.8 Å². The van der Waals surface area contributed by atoms with E-state index in [1.54, 1.807) is 12.3 Å². The smallest absolute Gasteiger partial charge is 0.253 e. The van der Waals surface area contributed by atoms with Crippen LogP contribution in [0.1, 0.15) is 21.5 Å². The number of aromatic nitrogens is 1. The largest absolute Gasteiger partial charge is 0.454 e. The van der Waals surface area contributed by atoms with E-state index in [9.17, 15) is 9.59 Å². The number of carbonyl (C=O) groups is 1. The van der Waals surface area contributed by atoms with E-state index >= 15 is 0 Å². The van der Waals surface area contributed by atoms with Crippen LogP contribution in [0.15, 0.2) is 65.6 Å². The number of carbonyl (C=O) groups excluding carboxylic acids is 1. The lowest BCUT2D eigenvalue weighted by Crippen LogP contribution is -2.26. The number of amides is 1.